The number of rotatable bonds is 5. The van der Waals surface area contributed by atoms with Gasteiger partial charge in [-0.3, -0.25) is 4.90 Å². The largest absolute Gasteiger partial charge is 0.303 e. The number of benzene rings is 2. The van der Waals surface area contributed by atoms with Crippen LogP contribution in [0.25, 0.3) is 11.4 Å². The summed E-state index contributed by atoms with van der Waals surface area (Å²) in [7, 11) is 3.91. The average molecular weight is 342 g/mol. The molecule has 0 aliphatic heterocycles. The zero-order chi connectivity index (χ0) is 17.1. The standard InChI is InChI=1S/C18H19FN4S/c1-21(12-14-8-10-16(19)11-9-14)13-23-18(24)22(2)17(20-23)15-6-4-3-5-7-15/h3-11H,12-13H2,1-2H3. The molecule has 0 atom stereocenters. The summed E-state index contributed by atoms with van der Waals surface area (Å²) in [6.07, 6.45) is 0. The van der Waals surface area contributed by atoms with Gasteiger partial charge in [-0.15, -0.1) is 0 Å². The molecule has 0 saturated carbocycles. The number of halogens is 1. The maximum absolute atomic E-state index is 13.0. The second kappa shape index (κ2) is 7.07. The van der Waals surface area contributed by atoms with Crippen molar-refractivity contribution in [3.63, 3.8) is 0 Å². The molecule has 6 heteroatoms. The average Bonchev–Trinajstić information content (AvgIpc) is 2.86. The van der Waals surface area contributed by atoms with Crippen LogP contribution in [0.2, 0.25) is 0 Å². The lowest BCUT2D eigenvalue weighted by Gasteiger charge is -2.16. The highest BCUT2D eigenvalue weighted by molar-refractivity contribution is 7.71. The smallest absolute Gasteiger partial charge is 0.199 e. The fourth-order valence-corrected chi connectivity index (χ4v) is 2.78. The number of hydrogen-bond donors (Lipinski definition) is 0. The van der Waals surface area contributed by atoms with E-state index in [1.54, 1.807) is 16.8 Å². The Bertz CT molecular complexity index is 868. The Morgan fingerprint density at radius 1 is 1.08 bits per heavy atom. The minimum Gasteiger partial charge on any atom is -0.303 e. The van der Waals surface area contributed by atoms with Gasteiger partial charge in [-0.1, -0.05) is 42.5 Å². The van der Waals surface area contributed by atoms with Crippen LogP contribution in [0.15, 0.2) is 54.6 Å². The number of nitrogens with zero attached hydrogens (tertiary/aromatic N) is 4. The van der Waals surface area contributed by atoms with E-state index in [-0.39, 0.29) is 5.82 Å². The highest BCUT2D eigenvalue weighted by atomic mass is 32.1. The van der Waals surface area contributed by atoms with Crippen molar-refractivity contribution in [2.24, 2.45) is 7.05 Å². The van der Waals surface area contributed by atoms with Gasteiger partial charge >= 0.3 is 0 Å². The molecule has 0 N–H and O–H groups in total. The summed E-state index contributed by atoms with van der Waals surface area (Å²) < 4.78 is 17.4. The van der Waals surface area contributed by atoms with Crippen molar-refractivity contribution < 1.29 is 4.39 Å². The molecule has 1 aromatic heterocycles. The molecule has 0 fully saturated rings. The highest BCUT2D eigenvalue weighted by Gasteiger charge is 2.11. The third kappa shape index (κ3) is 3.60. The summed E-state index contributed by atoms with van der Waals surface area (Å²) in [5, 5.41) is 4.65. The molecule has 4 nitrogen and oxygen atoms in total. The minimum absolute atomic E-state index is 0.221. The molecule has 0 saturated heterocycles. The molecule has 24 heavy (non-hydrogen) atoms. The highest BCUT2D eigenvalue weighted by Crippen LogP contribution is 2.17. The molecule has 124 valence electrons. The second-order valence-corrected chi connectivity index (χ2v) is 6.18. The molecular weight excluding hydrogens is 323 g/mol. The first-order valence-electron chi connectivity index (χ1n) is 7.67. The number of aromatic nitrogens is 3. The van der Waals surface area contributed by atoms with E-state index < -0.39 is 0 Å². The fourth-order valence-electron chi connectivity index (χ4n) is 2.60. The topological polar surface area (TPSA) is 26.0 Å². The monoisotopic (exact) mass is 342 g/mol. The third-order valence-electron chi connectivity index (χ3n) is 3.81. The first-order chi connectivity index (χ1) is 11.5. The van der Waals surface area contributed by atoms with E-state index >= 15 is 0 Å². The predicted molar refractivity (Wildman–Crippen MR) is 95.3 cm³/mol. The van der Waals surface area contributed by atoms with Gasteiger partial charge in [-0.05, 0) is 37.0 Å². The molecule has 0 unspecified atom stereocenters. The molecule has 1 heterocycles. The fraction of sp³-hybridized carbons (Fsp3) is 0.222. The van der Waals surface area contributed by atoms with Crippen LogP contribution in [0.1, 0.15) is 5.56 Å². The van der Waals surface area contributed by atoms with Gasteiger partial charge in [0.25, 0.3) is 0 Å². The lowest BCUT2D eigenvalue weighted by Crippen LogP contribution is -2.22. The van der Waals surface area contributed by atoms with Crippen molar-refractivity contribution in [2.75, 3.05) is 7.05 Å². The van der Waals surface area contributed by atoms with E-state index in [1.165, 1.54) is 12.1 Å². The number of hydrogen-bond acceptors (Lipinski definition) is 3. The quantitative estimate of drug-likeness (QED) is 0.659. The summed E-state index contributed by atoms with van der Waals surface area (Å²) in [5.74, 6) is 0.622. The zero-order valence-corrected chi connectivity index (χ0v) is 14.5. The first-order valence-corrected chi connectivity index (χ1v) is 8.07. The van der Waals surface area contributed by atoms with Gasteiger partial charge in [-0.25, -0.2) is 9.07 Å². The molecule has 0 radical (unpaired) electrons. The van der Waals surface area contributed by atoms with Gasteiger partial charge in [0.05, 0.1) is 6.67 Å². The van der Waals surface area contributed by atoms with Crippen LogP contribution in [-0.4, -0.2) is 26.3 Å². The van der Waals surface area contributed by atoms with Crippen LogP contribution in [-0.2, 0) is 20.3 Å². The zero-order valence-electron chi connectivity index (χ0n) is 13.7. The minimum atomic E-state index is -0.221. The SMILES string of the molecule is CN(Cc1ccc(F)cc1)Cn1nc(-c2ccccc2)n(C)c1=S. The van der Waals surface area contributed by atoms with Crippen molar-refractivity contribution in [3.05, 3.63) is 70.7 Å². The van der Waals surface area contributed by atoms with E-state index in [4.69, 9.17) is 12.2 Å². The van der Waals surface area contributed by atoms with Gasteiger partial charge in [0.1, 0.15) is 5.82 Å². The van der Waals surface area contributed by atoms with Crippen molar-refractivity contribution in [1.29, 1.82) is 0 Å². The predicted octanol–water partition coefficient (Wildman–Crippen LogP) is 3.85. The van der Waals surface area contributed by atoms with Crippen molar-refractivity contribution >= 4 is 12.2 Å². The van der Waals surface area contributed by atoms with Crippen LogP contribution in [0, 0.1) is 10.6 Å². The third-order valence-corrected chi connectivity index (χ3v) is 4.30. The second-order valence-electron chi connectivity index (χ2n) is 5.81. The Labute approximate surface area is 145 Å². The summed E-state index contributed by atoms with van der Waals surface area (Å²) in [4.78, 5) is 2.09. The van der Waals surface area contributed by atoms with Crippen molar-refractivity contribution in [1.82, 2.24) is 19.2 Å². The van der Waals surface area contributed by atoms with Gasteiger partial charge < -0.3 is 4.57 Å². The van der Waals surface area contributed by atoms with Crippen LogP contribution in [0.4, 0.5) is 4.39 Å². The molecule has 3 rings (SSSR count). The molecule has 0 spiro atoms. The van der Waals surface area contributed by atoms with Gasteiger partial charge in [0.2, 0.25) is 0 Å². The Morgan fingerprint density at radius 3 is 2.42 bits per heavy atom. The van der Waals surface area contributed by atoms with Crippen molar-refractivity contribution in [3.8, 4) is 11.4 Å². The maximum Gasteiger partial charge on any atom is 0.199 e. The first kappa shape index (κ1) is 16.5. The Balaban J connectivity index is 1.78. The lowest BCUT2D eigenvalue weighted by molar-refractivity contribution is 0.244. The van der Waals surface area contributed by atoms with Crippen LogP contribution < -0.4 is 0 Å². The van der Waals surface area contributed by atoms with Crippen LogP contribution in [0.3, 0.4) is 0 Å². The van der Waals surface area contributed by atoms with Crippen LogP contribution in [0.5, 0.6) is 0 Å². The van der Waals surface area contributed by atoms with E-state index in [9.17, 15) is 4.39 Å². The van der Waals surface area contributed by atoms with E-state index in [0.717, 1.165) is 17.0 Å². The summed E-state index contributed by atoms with van der Waals surface area (Å²) in [6, 6.07) is 16.5. The van der Waals surface area contributed by atoms with E-state index in [1.807, 2.05) is 49.0 Å². The lowest BCUT2D eigenvalue weighted by atomic mass is 10.2. The molecule has 0 amide bonds. The van der Waals surface area contributed by atoms with E-state index in [0.29, 0.717) is 18.0 Å². The molecule has 0 aliphatic carbocycles. The summed E-state index contributed by atoms with van der Waals surface area (Å²) >= 11 is 5.50. The van der Waals surface area contributed by atoms with Crippen molar-refractivity contribution in [2.45, 2.75) is 13.2 Å². The molecule has 0 bridgehead atoms. The molecule has 0 aliphatic rings. The molecule has 3 aromatic rings. The van der Waals surface area contributed by atoms with Crippen LogP contribution >= 0.6 is 12.2 Å². The Hall–Kier alpha value is -2.31. The Morgan fingerprint density at radius 2 is 1.75 bits per heavy atom. The van der Waals surface area contributed by atoms with Gasteiger partial charge in [0.15, 0.2) is 10.6 Å². The normalized spacial score (nSPS) is 11.2. The maximum atomic E-state index is 13.0. The summed E-state index contributed by atoms with van der Waals surface area (Å²) in [6.45, 7) is 1.26. The Kier molecular flexibility index (Phi) is 4.87. The summed E-state index contributed by atoms with van der Waals surface area (Å²) in [5.41, 5.74) is 2.08. The van der Waals surface area contributed by atoms with Gasteiger partial charge in [-0.2, -0.15) is 5.10 Å². The van der Waals surface area contributed by atoms with E-state index in [2.05, 4.69) is 10.00 Å². The van der Waals surface area contributed by atoms with Gasteiger partial charge in [0, 0.05) is 19.2 Å². The molecular formula is C18H19FN4S. The molecule has 2 aromatic carbocycles.